The molecule has 2 amide bonds. The van der Waals surface area contributed by atoms with Crippen molar-refractivity contribution >= 4 is 23.6 Å². The van der Waals surface area contributed by atoms with Crippen LogP contribution in [0.2, 0.25) is 5.02 Å². The number of phenols is 1. The summed E-state index contributed by atoms with van der Waals surface area (Å²) < 4.78 is 20.2. The minimum absolute atomic E-state index is 0.112. The van der Waals surface area contributed by atoms with Crippen molar-refractivity contribution in [3.63, 3.8) is 0 Å². The van der Waals surface area contributed by atoms with Gasteiger partial charge in [0.15, 0.2) is 0 Å². The maximum absolute atomic E-state index is 14.6. The van der Waals surface area contributed by atoms with Gasteiger partial charge >= 0.3 is 6.09 Å². The molecule has 2 saturated heterocycles. The summed E-state index contributed by atoms with van der Waals surface area (Å²) in [7, 11) is 0. The number of carboxylic acid groups (broad SMARTS) is 1. The normalized spacial score (nSPS) is 17.1. The Bertz CT molecular complexity index is 1510. The average molecular weight is 653 g/mol. The van der Waals surface area contributed by atoms with E-state index in [1.165, 1.54) is 6.07 Å². The Morgan fingerprint density at radius 1 is 1.00 bits per heavy atom. The summed E-state index contributed by atoms with van der Waals surface area (Å²) >= 11 is 6.34. The molecule has 1 atom stereocenters. The molecule has 5 rings (SSSR count). The third-order valence-electron chi connectivity index (χ3n) is 9.01. The first-order chi connectivity index (χ1) is 22.2. The van der Waals surface area contributed by atoms with E-state index in [1.807, 2.05) is 37.3 Å². The number of nitrogens with zero attached hydrogens (tertiary/aromatic N) is 3. The highest BCUT2D eigenvalue weighted by Gasteiger charge is 2.36. The van der Waals surface area contributed by atoms with Gasteiger partial charge in [0.25, 0.3) is 0 Å². The maximum Gasteiger partial charge on any atom is 0.405 e. The highest BCUT2D eigenvalue weighted by atomic mass is 35.5. The number of piperazine rings is 1. The van der Waals surface area contributed by atoms with Crippen molar-refractivity contribution in [1.82, 2.24) is 20.0 Å². The Hall–Kier alpha value is -3.86. The lowest BCUT2D eigenvalue weighted by atomic mass is 9.88. The van der Waals surface area contributed by atoms with E-state index in [2.05, 4.69) is 15.1 Å². The van der Waals surface area contributed by atoms with Crippen LogP contribution in [-0.4, -0.2) is 95.4 Å². The van der Waals surface area contributed by atoms with E-state index in [0.717, 1.165) is 42.7 Å². The van der Waals surface area contributed by atoms with Crippen molar-refractivity contribution in [3.8, 4) is 22.6 Å². The van der Waals surface area contributed by atoms with Crippen LogP contribution in [0, 0.1) is 11.7 Å². The molecular formula is C35H42ClFN4O5. The number of hydrogen-bond acceptors (Lipinski definition) is 6. The van der Waals surface area contributed by atoms with E-state index in [-0.39, 0.29) is 23.4 Å². The summed E-state index contributed by atoms with van der Waals surface area (Å²) in [4.78, 5) is 31.6. The highest BCUT2D eigenvalue weighted by molar-refractivity contribution is 6.30. The predicted octanol–water partition coefficient (Wildman–Crippen LogP) is 5.49. The molecule has 0 aromatic heterocycles. The number of likely N-dealkylation sites (tertiary alicyclic amines) is 1. The fourth-order valence-electron chi connectivity index (χ4n) is 6.56. The van der Waals surface area contributed by atoms with Gasteiger partial charge in [-0.05, 0) is 98.3 Å². The molecule has 46 heavy (non-hydrogen) atoms. The quantitative estimate of drug-likeness (QED) is 0.252. The van der Waals surface area contributed by atoms with Crippen molar-refractivity contribution in [2.24, 2.45) is 5.92 Å². The second-order valence-corrected chi connectivity index (χ2v) is 12.4. The van der Waals surface area contributed by atoms with Crippen LogP contribution in [0.25, 0.3) is 11.1 Å². The average Bonchev–Trinajstić information content (AvgIpc) is 3.04. The van der Waals surface area contributed by atoms with Gasteiger partial charge in [0, 0.05) is 49.9 Å². The summed E-state index contributed by atoms with van der Waals surface area (Å²) in [5.74, 6) is 0.115. The number of carbonyl (C=O) groups is 2. The number of halogens is 2. The second-order valence-electron chi connectivity index (χ2n) is 12.0. The van der Waals surface area contributed by atoms with E-state index < -0.39 is 12.1 Å². The van der Waals surface area contributed by atoms with Crippen LogP contribution in [0.1, 0.15) is 30.9 Å². The summed E-state index contributed by atoms with van der Waals surface area (Å²) in [5, 5.41) is 22.8. The van der Waals surface area contributed by atoms with Crippen LogP contribution in [0.15, 0.2) is 60.7 Å². The number of benzene rings is 3. The van der Waals surface area contributed by atoms with E-state index in [9.17, 15) is 24.2 Å². The number of hydrogen-bond donors (Lipinski definition) is 3. The number of phenolic OH excluding ortho intramolecular Hbond substituents is 1. The van der Waals surface area contributed by atoms with Crippen LogP contribution >= 0.6 is 11.6 Å². The van der Waals surface area contributed by atoms with Gasteiger partial charge in [0.2, 0.25) is 5.91 Å². The Morgan fingerprint density at radius 3 is 2.43 bits per heavy atom. The number of aromatic hydroxyl groups is 1. The molecule has 1 unspecified atom stereocenters. The van der Waals surface area contributed by atoms with Gasteiger partial charge in [-0.3, -0.25) is 9.69 Å². The molecular weight excluding hydrogens is 611 g/mol. The number of ether oxygens (including phenoxy) is 1. The van der Waals surface area contributed by atoms with Crippen molar-refractivity contribution in [3.05, 3.63) is 82.6 Å². The predicted molar refractivity (Wildman–Crippen MR) is 176 cm³/mol. The first-order valence-corrected chi connectivity index (χ1v) is 16.3. The number of nitrogens with one attached hydrogen (secondary N) is 1. The second kappa shape index (κ2) is 15.6. The highest BCUT2D eigenvalue weighted by Crippen LogP contribution is 2.30. The third-order valence-corrected chi connectivity index (χ3v) is 9.25. The molecule has 2 heterocycles. The topological polar surface area (TPSA) is 106 Å². The Kier molecular flexibility index (Phi) is 11.4. The Balaban J connectivity index is 1.15. The zero-order valence-electron chi connectivity index (χ0n) is 26.1. The van der Waals surface area contributed by atoms with Crippen molar-refractivity contribution in [2.75, 3.05) is 52.4 Å². The van der Waals surface area contributed by atoms with Crippen LogP contribution in [0.5, 0.6) is 11.5 Å². The van der Waals surface area contributed by atoms with Gasteiger partial charge in [-0.15, -0.1) is 0 Å². The molecule has 11 heteroatoms. The largest absolute Gasteiger partial charge is 0.508 e. The standard InChI is InChI=1S/C35H42ClFN4O5/c1-2-46-32-8-4-7-31(37)30(32)23-40-17-19-41(20-18-40)34(43)33(38-35(44)45)24-11-14-39(15-12-24)16-13-26-21-27(36)9-10-29(26)25-5-3-6-28(42)22-25/h3-10,21-22,24,33,38,42H,2,11-20,23H2,1H3,(H,44,45). The summed E-state index contributed by atoms with van der Waals surface area (Å²) in [5.41, 5.74) is 3.54. The Morgan fingerprint density at radius 2 is 1.74 bits per heavy atom. The fourth-order valence-corrected chi connectivity index (χ4v) is 6.75. The third kappa shape index (κ3) is 8.48. The fraction of sp³-hybridized carbons (Fsp3) is 0.429. The first kappa shape index (κ1) is 33.5. The number of amides is 2. The monoisotopic (exact) mass is 652 g/mol. The van der Waals surface area contributed by atoms with Gasteiger partial charge in [-0.1, -0.05) is 35.9 Å². The van der Waals surface area contributed by atoms with Crippen LogP contribution < -0.4 is 10.1 Å². The van der Waals surface area contributed by atoms with Gasteiger partial charge < -0.3 is 30.1 Å². The van der Waals surface area contributed by atoms with E-state index in [4.69, 9.17) is 16.3 Å². The molecule has 3 N–H and O–H groups in total. The van der Waals surface area contributed by atoms with E-state index in [1.54, 1.807) is 29.2 Å². The molecule has 2 aliphatic rings. The molecule has 0 aliphatic carbocycles. The van der Waals surface area contributed by atoms with Crippen molar-refractivity contribution in [2.45, 2.75) is 38.8 Å². The van der Waals surface area contributed by atoms with Crippen LogP contribution in [-0.2, 0) is 17.8 Å². The van der Waals surface area contributed by atoms with Gasteiger partial charge in [0.05, 0.1) is 6.61 Å². The zero-order chi connectivity index (χ0) is 32.6. The number of piperidine rings is 1. The SMILES string of the molecule is CCOc1cccc(F)c1CN1CCN(C(=O)C(NC(=O)O)C2CCN(CCc3cc(Cl)ccc3-c3cccc(O)c3)CC2)CC1. The van der Waals surface area contributed by atoms with E-state index >= 15 is 0 Å². The summed E-state index contributed by atoms with van der Waals surface area (Å²) in [6.07, 6.45) is 0.941. The van der Waals surface area contributed by atoms with Gasteiger partial charge in [-0.2, -0.15) is 0 Å². The molecule has 0 bridgehead atoms. The molecule has 0 radical (unpaired) electrons. The zero-order valence-corrected chi connectivity index (χ0v) is 26.9. The number of carbonyl (C=O) groups excluding carboxylic acids is 1. The molecule has 3 aromatic carbocycles. The minimum Gasteiger partial charge on any atom is -0.508 e. The first-order valence-electron chi connectivity index (χ1n) is 15.9. The van der Waals surface area contributed by atoms with Gasteiger partial charge in [-0.25, -0.2) is 9.18 Å². The maximum atomic E-state index is 14.6. The molecule has 246 valence electrons. The molecule has 2 aliphatic heterocycles. The molecule has 9 nitrogen and oxygen atoms in total. The molecule has 2 fully saturated rings. The summed E-state index contributed by atoms with van der Waals surface area (Å²) in [6.45, 7) is 6.95. The van der Waals surface area contributed by atoms with E-state index in [0.29, 0.717) is 68.5 Å². The lowest BCUT2D eigenvalue weighted by molar-refractivity contribution is -0.137. The lowest BCUT2D eigenvalue weighted by Gasteiger charge is -2.40. The minimum atomic E-state index is -1.21. The van der Waals surface area contributed by atoms with Crippen molar-refractivity contribution < 1.29 is 28.9 Å². The molecule has 3 aromatic rings. The van der Waals surface area contributed by atoms with Gasteiger partial charge in [0.1, 0.15) is 23.4 Å². The smallest absolute Gasteiger partial charge is 0.405 e. The Labute approximate surface area is 274 Å². The molecule has 0 spiro atoms. The van der Waals surface area contributed by atoms with Crippen LogP contribution in [0.4, 0.5) is 9.18 Å². The van der Waals surface area contributed by atoms with Crippen molar-refractivity contribution in [1.29, 1.82) is 0 Å². The van der Waals surface area contributed by atoms with Crippen LogP contribution in [0.3, 0.4) is 0 Å². The molecule has 0 saturated carbocycles. The number of rotatable bonds is 11. The lowest BCUT2D eigenvalue weighted by Crippen LogP contribution is -2.58. The summed E-state index contributed by atoms with van der Waals surface area (Å²) in [6, 6.07) is 17.0.